The first-order chi connectivity index (χ1) is 7.35. The molecule has 3 heteroatoms. The summed E-state index contributed by atoms with van der Waals surface area (Å²) in [5.41, 5.74) is 0. The normalized spacial score (nSPS) is 11.1. The molecule has 0 rings (SSSR count). The summed E-state index contributed by atoms with van der Waals surface area (Å²) in [4.78, 5) is 0. The molecule has 15 heavy (non-hydrogen) atoms. The molecule has 0 aromatic carbocycles. The predicted molar refractivity (Wildman–Crippen MR) is 69.4 cm³/mol. The van der Waals surface area contributed by atoms with Gasteiger partial charge in [-0.15, -0.1) is 0 Å². The molecule has 0 saturated heterocycles. The maximum absolute atomic E-state index is 5.53. The summed E-state index contributed by atoms with van der Waals surface area (Å²) in [5.74, 6) is 0. The maximum Gasteiger partial charge on any atom is 0.0653 e. The van der Waals surface area contributed by atoms with Gasteiger partial charge in [0.1, 0.15) is 0 Å². The summed E-state index contributed by atoms with van der Waals surface area (Å²) < 4.78 is 0. The zero-order valence-electron chi connectivity index (χ0n) is 10.5. The van der Waals surface area contributed by atoms with Gasteiger partial charge in [0.2, 0.25) is 0 Å². The fourth-order valence-electron chi connectivity index (χ4n) is 1.50. The second-order valence-electron chi connectivity index (χ2n) is 4.10. The molecule has 2 radical (unpaired) electrons. The van der Waals surface area contributed by atoms with Crippen molar-refractivity contribution in [1.29, 1.82) is 0 Å². The lowest BCUT2D eigenvalue weighted by Crippen LogP contribution is -2.43. The van der Waals surface area contributed by atoms with Crippen molar-refractivity contribution in [2.75, 3.05) is 13.1 Å². The third-order valence-electron chi connectivity index (χ3n) is 2.54. The van der Waals surface area contributed by atoms with Crippen molar-refractivity contribution in [3.63, 3.8) is 0 Å². The molecule has 0 aliphatic heterocycles. The van der Waals surface area contributed by atoms with Crippen LogP contribution in [0.15, 0.2) is 0 Å². The van der Waals surface area contributed by atoms with Gasteiger partial charge < -0.3 is 10.6 Å². The molecule has 0 fully saturated rings. The second-order valence-corrected chi connectivity index (χ2v) is 4.10. The quantitative estimate of drug-likeness (QED) is 0.311. The molecule has 0 bridgehead atoms. The van der Waals surface area contributed by atoms with E-state index >= 15 is 0 Å². The Balaban J connectivity index is 3.53. The third kappa shape index (κ3) is 10.3. The first kappa shape index (κ1) is 15.0. The molecule has 0 heterocycles. The van der Waals surface area contributed by atoms with Gasteiger partial charge in [0.15, 0.2) is 0 Å². The first-order valence-corrected chi connectivity index (χ1v) is 6.52. The van der Waals surface area contributed by atoms with E-state index in [1.165, 1.54) is 25.7 Å². The molecule has 0 aliphatic rings. The summed E-state index contributed by atoms with van der Waals surface area (Å²) in [6.07, 6.45) is 8.53. The Kier molecular flexibility index (Phi) is 12.0. The van der Waals surface area contributed by atoms with E-state index in [-0.39, 0.29) is 0 Å². The van der Waals surface area contributed by atoms with E-state index in [4.69, 9.17) is 7.85 Å². The Morgan fingerprint density at radius 3 is 1.87 bits per heavy atom. The fourth-order valence-corrected chi connectivity index (χ4v) is 1.50. The average molecular weight is 210 g/mol. The summed E-state index contributed by atoms with van der Waals surface area (Å²) >= 11 is 0. The summed E-state index contributed by atoms with van der Waals surface area (Å²) in [5, 5.41) is 7.10. The van der Waals surface area contributed by atoms with Gasteiger partial charge in [-0.3, -0.25) is 0 Å². The molecule has 0 aliphatic carbocycles. The van der Waals surface area contributed by atoms with Crippen LogP contribution in [0.2, 0.25) is 6.32 Å². The van der Waals surface area contributed by atoms with E-state index in [2.05, 4.69) is 24.5 Å². The van der Waals surface area contributed by atoms with E-state index in [1.54, 1.807) is 0 Å². The molecular weight excluding hydrogens is 183 g/mol. The Bertz CT molecular complexity index is 110. The predicted octanol–water partition coefficient (Wildman–Crippen LogP) is 2.46. The van der Waals surface area contributed by atoms with Crippen molar-refractivity contribution >= 4 is 7.85 Å². The van der Waals surface area contributed by atoms with Gasteiger partial charge in [-0.25, -0.2) is 0 Å². The number of rotatable bonds is 11. The van der Waals surface area contributed by atoms with Crippen LogP contribution in [0.1, 0.15) is 52.4 Å². The minimum Gasteiger partial charge on any atom is -0.302 e. The van der Waals surface area contributed by atoms with E-state index in [1.807, 2.05) is 0 Å². The van der Waals surface area contributed by atoms with E-state index in [0.717, 1.165) is 32.3 Å². The summed E-state index contributed by atoms with van der Waals surface area (Å²) in [6, 6.07) is 0. The summed E-state index contributed by atoms with van der Waals surface area (Å²) in [7, 11) is 5.53. The Hall–Kier alpha value is -0.0151. The molecule has 0 saturated carbocycles. The van der Waals surface area contributed by atoms with Crippen LogP contribution in [0.4, 0.5) is 0 Å². The van der Waals surface area contributed by atoms with E-state index in [9.17, 15) is 0 Å². The standard InChI is InChI=1S/C12H27BN2/c1-3-5-10-14-12(8-7-9-13)15-11-6-4-2/h12,14-15H,3-11H2,1-2H3. The van der Waals surface area contributed by atoms with Gasteiger partial charge >= 0.3 is 0 Å². The molecule has 0 aromatic heterocycles. The highest BCUT2D eigenvalue weighted by molar-refractivity contribution is 6.08. The Morgan fingerprint density at radius 2 is 1.47 bits per heavy atom. The average Bonchev–Trinajstić information content (AvgIpc) is 2.25. The van der Waals surface area contributed by atoms with Gasteiger partial charge in [-0.1, -0.05) is 39.4 Å². The van der Waals surface area contributed by atoms with Crippen molar-refractivity contribution in [2.45, 2.75) is 64.9 Å². The van der Waals surface area contributed by atoms with Gasteiger partial charge in [-0.2, -0.15) is 0 Å². The second kappa shape index (κ2) is 12.1. The molecular formula is C12H27BN2. The minimum atomic E-state index is 0.464. The van der Waals surface area contributed by atoms with Crippen LogP contribution in [0, 0.1) is 0 Å². The zero-order chi connectivity index (χ0) is 11.4. The van der Waals surface area contributed by atoms with Crippen LogP contribution in [-0.2, 0) is 0 Å². The van der Waals surface area contributed by atoms with Crippen molar-refractivity contribution in [2.24, 2.45) is 0 Å². The number of hydrogen-bond donors (Lipinski definition) is 2. The molecule has 0 spiro atoms. The number of nitrogens with one attached hydrogen (secondary N) is 2. The zero-order valence-corrected chi connectivity index (χ0v) is 10.5. The van der Waals surface area contributed by atoms with Gasteiger partial charge in [0, 0.05) is 0 Å². The van der Waals surface area contributed by atoms with Crippen LogP contribution in [-0.4, -0.2) is 27.1 Å². The molecule has 0 amide bonds. The number of hydrogen-bond acceptors (Lipinski definition) is 2. The summed E-state index contributed by atoms with van der Waals surface area (Å²) in [6.45, 7) is 6.68. The lowest BCUT2D eigenvalue weighted by Gasteiger charge is -2.20. The Morgan fingerprint density at radius 1 is 0.933 bits per heavy atom. The molecule has 2 nitrogen and oxygen atoms in total. The molecule has 0 unspecified atom stereocenters. The van der Waals surface area contributed by atoms with Gasteiger partial charge in [-0.05, 0) is 32.4 Å². The third-order valence-corrected chi connectivity index (χ3v) is 2.54. The minimum absolute atomic E-state index is 0.464. The van der Waals surface area contributed by atoms with Crippen molar-refractivity contribution in [3.05, 3.63) is 0 Å². The van der Waals surface area contributed by atoms with Crippen LogP contribution in [0.5, 0.6) is 0 Å². The highest BCUT2D eigenvalue weighted by Crippen LogP contribution is 1.98. The molecule has 0 atom stereocenters. The number of unbranched alkanes of at least 4 members (excludes halogenated alkanes) is 2. The van der Waals surface area contributed by atoms with E-state index in [0.29, 0.717) is 6.17 Å². The first-order valence-electron chi connectivity index (χ1n) is 6.52. The van der Waals surface area contributed by atoms with Crippen LogP contribution < -0.4 is 10.6 Å². The van der Waals surface area contributed by atoms with Crippen molar-refractivity contribution in [1.82, 2.24) is 10.6 Å². The fraction of sp³-hybridized carbons (Fsp3) is 1.00. The lowest BCUT2D eigenvalue weighted by atomic mass is 9.99. The monoisotopic (exact) mass is 210 g/mol. The molecule has 88 valence electrons. The highest BCUT2D eigenvalue weighted by atomic mass is 15.1. The van der Waals surface area contributed by atoms with Crippen LogP contribution >= 0.6 is 0 Å². The van der Waals surface area contributed by atoms with Crippen LogP contribution in [0.3, 0.4) is 0 Å². The van der Waals surface area contributed by atoms with Crippen molar-refractivity contribution < 1.29 is 0 Å². The maximum atomic E-state index is 5.53. The van der Waals surface area contributed by atoms with Gasteiger partial charge in [0.05, 0.1) is 14.0 Å². The van der Waals surface area contributed by atoms with Gasteiger partial charge in [0.25, 0.3) is 0 Å². The topological polar surface area (TPSA) is 24.1 Å². The smallest absolute Gasteiger partial charge is 0.0653 e. The van der Waals surface area contributed by atoms with Crippen molar-refractivity contribution in [3.8, 4) is 0 Å². The Labute approximate surface area is 97.0 Å². The van der Waals surface area contributed by atoms with E-state index < -0.39 is 0 Å². The van der Waals surface area contributed by atoms with Crippen LogP contribution in [0.25, 0.3) is 0 Å². The molecule has 0 aromatic rings. The highest BCUT2D eigenvalue weighted by Gasteiger charge is 2.04. The lowest BCUT2D eigenvalue weighted by molar-refractivity contribution is 0.391. The largest absolute Gasteiger partial charge is 0.302 e. The molecule has 2 N–H and O–H groups in total. The SMILES string of the molecule is [B]CCCC(NCCCC)NCCCC.